The smallest absolute Gasteiger partial charge is 0.0936 e. The summed E-state index contributed by atoms with van der Waals surface area (Å²) < 4.78 is 16.0. The first kappa shape index (κ1) is 15.0. The molecule has 0 aliphatic carbocycles. The van der Waals surface area contributed by atoms with Crippen LogP contribution in [0.4, 0.5) is 0 Å². The van der Waals surface area contributed by atoms with Gasteiger partial charge in [0.1, 0.15) is 0 Å². The molecule has 0 saturated carbocycles. The molecule has 5 nitrogen and oxygen atoms in total. The molecule has 0 aromatic heterocycles. The van der Waals surface area contributed by atoms with Crippen molar-refractivity contribution in [1.82, 2.24) is 9.80 Å². The minimum atomic E-state index is 0.627. The van der Waals surface area contributed by atoms with Crippen molar-refractivity contribution < 1.29 is 14.2 Å². The fraction of sp³-hybridized carbons (Fsp3) is 0.692. The SMILES string of the molecule is C=CN1C=CN(CCOCCOCCOCC)C1. The number of nitrogens with zero attached hydrogens (tertiary/aromatic N) is 2. The molecule has 104 valence electrons. The molecule has 0 fully saturated rings. The Balaban J connectivity index is 1.82. The van der Waals surface area contributed by atoms with Crippen LogP contribution in [0.2, 0.25) is 0 Å². The summed E-state index contributed by atoms with van der Waals surface area (Å²) in [5.74, 6) is 0. The molecule has 0 atom stereocenters. The van der Waals surface area contributed by atoms with Crippen LogP contribution in [0.15, 0.2) is 25.2 Å². The molecular weight excluding hydrogens is 232 g/mol. The Labute approximate surface area is 110 Å². The van der Waals surface area contributed by atoms with Gasteiger partial charge in [-0.1, -0.05) is 6.58 Å². The van der Waals surface area contributed by atoms with Crippen molar-refractivity contribution in [2.45, 2.75) is 6.92 Å². The van der Waals surface area contributed by atoms with Crippen LogP contribution in [-0.2, 0) is 14.2 Å². The van der Waals surface area contributed by atoms with Gasteiger partial charge in [0.15, 0.2) is 0 Å². The summed E-state index contributed by atoms with van der Waals surface area (Å²) in [7, 11) is 0. The highest BCUT2D eigenvalue weighted by atomic mass is 16.5. The van der Waals surface area contributed by atoms with Crippen LogP contribution in [0.25, 0.3) is 0 Å². The second-order valence-electron chi connectivity index (χ2n) is 3.87. The van der Waals surface area contributed by atoms with Gasteiger partial charge in [0, 0.05) is 25.6 Å². The standard InChI is InChI=1S/C13H24N2O3/c1-3-14-5-6-15(13-14)7-8-17-11-12-18-10-9-16-4-2/h3,5-6H,1,4,7-13H2,2H3. The van der Waals surface area contributed by atoms with E-state index >= 15 is 0 Å². The third-order valence-corrected chi connectivity index (χ3v) is 2.52. The van der Waals surface area contributed by atoms with E-state index in [4.69, 9.17) is 14.2 Å². The molecule has 1 aliphatic rings. The average Bonchev–Trinajstić information content (AvgIpc) is 2.85. The molecule has 18 heavy (non-hydrogen) atoms. The second-order valence-corrected chi connectivity index (χ2v) is 3.87. The van der Waals surface area contributed by atoms with Crippen LogP contribution in [0.5, 0.6) is 0 Å². The van der Waals surface area contributed by atoms with E-state index in [-0.39, 0.29) is 0 Å². The molecule has 0 amide bonds. The Kier molecular flexibility index (Phi) is 8.29. The molecule has 0 aromatic rings. The Morgan fingerprint density at radius 3 is 2.33 bits per heavy atom. The van der Waals surface area contributed by atoms with Gasteiger partial charge >= 0.3 is 0 Å². The minimum absolute atomic E-state index is 0.627. The van der Waals surface area contributed by atoms with Crippen LogP contribution in [0, 0.1) is 0 Å². The molecule has 0 saturated heterocycles. The van der Waals surface area contributed by atoms with Crippen LogP contribution < -0.4 is 0 Å². The first-order valence-corrected chi connectivity index (χ1v) is 6.40. The maximum absolute atomic E-state index is 5.49. The van der Waals surface area contributed by atoms with Crippen molar-refractivity contribution >= 4 is 0 Å². The van der Waals surface area contributed by atoms with E-state index in [0.717, 1.165) is 19.8 Å². The lowest BCUT2D eigenvalue weighted by Gasteiger charge is -2.18. The Bertz CT molecular complexity index is 246. The highest BCUT2D eigenvalue weighted by Gasteiger charge is 2.08. The minimum Gasteiger partial charge on any atom is -0.379 e. The van der Waals surface area contributed by atoms with Gasteiger partial charge < -0.3 is 24.0 Å². The van der Waals surface area contributed by atoms with Crippen molar-refractivity contribution in [3.63, 3.8) is 0 Å². The Hall–Kier alpha value is -1.04. The normalized spacial score (nSPS) is 14.5. The van der Waals surface area contributed by atoms with Gasteiger partial charge in [-0.25, -0.2) is 0 Å². The van der Waals surface area contributed by atoms with Gasteiger partial charge in [0.05, 0.1) is 39.7 Å². The summed E-state index contributed by atoms with van der Waals surface area (Å²) in [5, 5.41) is 0. The average molecular weight is 256 g/mol. The van der Waals surface area contributed by atoms with Gasteiger partial charge in [0.25, 0.3) is 0 Å². The summed E-state index contributed by atoms with van der Waals surface area (Å²) in [6.07, 6.45) is 5.86. The van der Waals surface area contributed by atoms with Crippen molar-refractivity contribution in [3.8, 4) is 0 Å². The van der Waals surface area contributed by atoms with Crippen molar-refractivity contribution in [3.05, 3.63) is 25.2 Å². The van der Waals surface area contributed by atoms with Gasteiger partial charge in [-0.15, -0.1) is 0 Å². The molecule has 0 aromatic carbocycles. The fourth-order valence-electron chi connectivity index (χ4n) is 1.51. The molecule has 0 radical (unpaired) electrons. The lowest BCUT2D eigenvalue weighted by atomic mass is 10.6. The van der Waals surface area contributed by atoms with E-state index in [1.165, 1.54) is 0 Å². The molecule has 1 heterocycles. The first-order valence-electron chi connectivity index (χ1n) is 6.40. The summed E-state index contributed by atoms with van der Waals surface area (Å²) in [6, 6.07) is 0. The molecule has 0 bridgehead atoms. The monoisotopic (exact) mass is 256 g/mol. The molecular formula is C13H24N2O3. The predicted octanol–water partition coefficient (Wildman–Crippen LogP) is 1.25. The van der Waals surface area contributed by atoms with Crippen molar-refractivity contribution in [1.29, 1.82) is 0 Å². The van der Waals surface area contributed by atoms with Gasteiger partial charge in [-0.3, -0.25) is 0 Å². The van der Waals surface area contributed by atoms with E-state index < -0.39 is 0 Å². The van der Waals surface area contributed by atoms with Crippen LogP contribution in [0.1, 0.15) is 6.92 Å². The number of hydrogen-bond donors (Lipinski definition) is 0. The summed E-state index contributed by atoms with van der Waals surface area (Å²) in [6.45, 7) is 11.5. The quantitative estimate of drug-likeness (QED) is 0.520. The molecule has 0 spiro atoms. The predicted molar refractivity (Wildman–Crippen MR) is 70.9 cm³/mol. The number of hydrogen-bond acceptors (Lipinski definition) is 5. The van der Waals surface area contributed by atoms with Gasteiger partial charge in [0.2, 0.25) is 0 Å². The third-order valence-electron chi connectivity index (χ3n) is 2.52. The maximum atomic E-state index is 5.49. The zero-order valence-corrected chi connectivity index (χ0v) is 11.2. The highest BCUT2D eigenvalue weighted by molar-refractivity contribution is 4.94. The molecule has 1 rings (SSSR count). The van der Waals surface area contributed by atoms with Crippen LogP contribution in [0.3, 0.4) is 0 Å². The number of rotatable bonds is 11. The largest absolute Gasteiger partial charge is 0.379 e. The van der Waals surface area contributed by atoms with E-state index in [9.17, 15) is 0 Å². The summed E-state index contributed by atoms with van der Waals surface area (Å²) in [5.41, 5.74) is 0. The summed E-state index contributed by atoms with van der Waals surface area (Å²) >= 11 is 0. The number of ether oxygens (including phenoxy) is 3. The lowest BCUT2D eigenvalue weighted by Crippen LogP contribution is -2.25. The van der Waals surface area contributed by atoms with Gasteiger partial charge in [-0.05, 0) is 13.1 Å². The van der Waals surface area contributed by atoms with Crippen LogP contribution >= 0.6 is 0 Å². The zero-order chi connectivity index (χ0) is 13.1. The molecule has 1 aliphatic heterocycles. The lowest BCUT2D eigenvalue weighted by molar-refractivity contribution is 0.0142. The molecule has 5 heteroatoms. The second kappa shape index (κ2) is 9.94. The van der Waals surface area contributed by atoms with E-state index in [1.54, 1.807) is 0 Å². The van der Waals surface area contributed by atoms with Crippen LogP contribution in [-0.4, -0.2) is 62.7 Å². The first-order chi connectivity index (χ1) is 8.86. The Morgan fingerprint density at radius 2 is 1.72 bits per heavy atom. The molecule has 0 unspecified atom stereocenters. The van der Waals surface area contributed by atoms with E-state index in [1.807, 2.05) is 30.4 Å². The maximum Gasteiger partial charge on any atom is 0.0936 e. The highest BCUT2D eigenvalue weighted by Crippen LogP contribution is 2.05. The van der Waals surface area contributed by atoms with Crippen molar-refractivity contribution in [2.75, 3.05) is 52.9 Å². The Morgan fingerprint density at radius 1 is 1.06 bits per heavy atom. The third kappa shape index (κ3) is 6.64. The fourth-order valence-corrected chi connectivity index (χ4v) is 1.51. The zero-order valence-electron chi connectivity index (χ0n) is 11.2. The van der Waals surface area contributed by atoms with Gasteiger partial charge in [-0.2, -0.15) is 0 Å². The molecule has 0 N–H and O–H groups in total. The topological polar surface area (TPSA) is 34.2 Å². The van der Waals surface area contributed by atoms with E-state index in [2.05, 4.69) is 11.5 Å². The van der Waals surface area contributed by atoms with E-state index in [0.29, 0.717) is 33.0 Å². The van der Waals surface area contributed by atoms with Crippen molar-refractivity contribution in [2.24, 2.45) is 0 Å². The summed E-state index contributed by atoms with van der Waals surface area (Å²) in [4.78, 5) is 4.20.